The normalized spacial score (nSPS) is 9.23. The first-order chi connectivity index (χ1) is 10.8. The first kappa shape index (κ1) is 15.4. The lowest BCUT2D eigenvalue weighted by atomic mass is 10.3. The van der Waals surface area contributed by atoms with Crippen LogP contribution in [0.15, 0.2) is 40.1 Å². The van der Waals surface area contributed by atoms with Gasteiger partial charge in [-0.25, -0.2) is 0 Å². The van der Waals surface area contributed by atoms with Crippen LogP contribution in [0.4, 0.5) is 5.69 Å². The first-order valence-electron chi connectivity index (χ1n) is 6.22. The van der Waals surface area contributed by atoms with E-state index in [-0.39, 0.29) is 5.71 Å². The van der Waals surface area contributed by atoms with Crippen molar-refractivity contribution >= 4 is 22.7 Å². The Morgan fingerprint density at radius 2 is 2.09 bits per heavy atom. The van der Waals surface area contributed by atoms with Crippen LogP contribution < -0.4 is 14.9 Å². The average molecular weight is 312 g/mol. The van der Waals surface area contributed by atoms with Crippen LogP contribution in [-0.2, 0) is 6.61 Å². The first-order valence-corrected chi connectivity index (χ1v) is 7.17. The Morgan fingerprint density at radius 3 is 2.73 bits per heavy atom. The summed E-state index contributed by atoms with van der Waals surface area (Å²) >= 11 is 1.61. The summed E-state index contributed by atoms with van der Waals surface area (Å²) < 4.78 is 11.0. The number of ether oxygens (including phenoxy) is 2. The minimum absolute atomic E-state index is 0.253. The SMILES string of the molecule is COc1cc(NN=C(C#N)C#N)ccc1OCc1ccsc1. The Kier molecular flexibility index (Phi) is 5.36. The molecule has 0 saturated carbocycles. The second-order valence-corrected chi connectivity index (χ2v) is 4.86. The molecule has 1 N–H and O–H groups in total. The molecular formula is C15H12N4O2S. The molecule has 0 fully saturated rings. The number of nitrogens with zero attached hydrogens (tertiary/aromatic N) is 3. The van der Waals surface area contributed by atoms with E-state index in [1.165, 1.54) is 7.11 Å². The van der Waals surface area contributed by atoms with Gasteiger partial charge in [-0.15, -0.1) is 0 Å². The van der Waals surface area contributed by atoms with E-state index in [4.69, 9.17) is 20.0 Å². The van der Waals surface area contributed by atoms with Crippen LogP contribution in [0.3, 0.4) is 0 Å². The number of benzene rings is 1. The topological polar surface area (TPSA) is 90.4 Å². The fraction of sp³-hybridized carbons (Fsp3) is 0.133. The van der Waals surface area contributed by atoms with E-state index in [9.17, 15) is 0 Å². The van der Waals surface area contributed by atoms with E-state index in [0.29, 0.717) is 23.8 Å². The van der Waals surface area contributed by atoms with Crippen molar-refractivity contribution in [3.63, 3.8) is 0 Å². The van der Waals surface area contributed by atoms with Crippen molar-refractivity contribution in [1.29, 1.82) is 10.5 Å². The largest absolute Gasteiger partial charge is 0.493 e. The summed E-state index contributed by atoms with van der Waals surface area (Å²) in [6.07, 6.45) is 0. The average Bonchev–Trinajstić information content (AvgIpc) is 3.07. The fourth-order valence-electron chi connectivity index (χ4n) is 1.59. The zero-order chi connectivity index (χ0) is 15.8. The maximum Gasteiger partial charge on any atom is 0.237 e. The smallest absolute Gasteiger partial charge is 0.237 e. The van der Waals surface area contributed by atoms with Crippen LogP contribution in [-0.4, -0.2) is 12.8 Å². The molecule has 6 nitrogen and oxygen atoms in total. The Morgan fingerprint density at radius 1 is 1.27 bits per heavy atom. The number of methoxy groups -OCH3 is 1. The summed E-state index contributed by atoms with van der Waals surface area (Å²) in [6, 6.07) is 10.5. The van der Waals surface area contributed by atoms with Crippen molar-refractivity contribution in [2.24, 2.45) is 5.10 Å². The highest BCUT2D eigenvalue weighted by molar-refractivity contribution is 7.07. The van der Waals surface area contributed by atoms with Crippen LogP contribution in [0.5, 0.6) is 11.5 Å². The summed E-state index contributed by atoms with van der Waals surface area (Å²) in [5, 5.41) is 24.9. The van der Waals surface area contributed by atoms with Crippen molar-refractivity contribution in [2.75, 3.05) is 12.5 Å². The van der Waals surface area contributed by atoms with Crippen molar-refractivity contribution < 1.29 is 9.47 Å². The summed E-state index contributed by atoms with van der Waals surface area (Å²) in [5.41, 5.74) is 4.05. The van der Waals surface area contributed by atoms with Gasteiger partial charge in [-0.3, -0.25) is 5.43 Å². The number of hydrogen-bond acceptors (Lipinski definition) is 7. The van der Waals surface area contributed by atoms with Gasteiger partial charge >= 0.3 is 0 Å². The van der Waals surface area contributed by atoms with E-state index in [2.05, 4.69) is 10.5 Å². The maximum absolute atomic E-state index is 8.62. The van der Waals surface area contributed by atoms with Gasteiger partial charge in [0.05, 0.1) is 12.8 Å². The third-order valence-corrected chi connectivity index (χ3v) is 3.38. The highest BCUT2D eigenvalue weighted by Crippen LogP contribution is 2.31. The summed E-state index contributed by atoms with van der Waals surface area (Å²) in [4.78, 5) is 0. The fourth-order valence-corrected chi connectivity index (χ4v) is 2.24. The van der Waals surface area contributed by atoms with Crippen LogP contribution in [0.25, 0.3) is 0 Å². The summed E-state index contributed by atoms with van der Waals surface area (Å²) in [6.45, 7) is 0.456. The molecule has 0 bridgehead atoms. The van der Waals surface area contributed by atoms with Gasteiger partial charge in [-0.05, 0) is 34.5 Å². The van der Waals surface area contributed by atoms with Crippen LogP contribution in [0.2, 0.25) is 0 Å². The Bertz CT molecular complexity index is 726. The molecule has 0 aliphatic heterocycles. The lowest BCUT2D eigenvalue weighted by Crippen LogP contribution is -1.99. The highest BCUT2D eigenvalue weighted by Gasteiger charge is 2.06. The summed E-state index contributed by atoms with van der Waals surface area (Å²) in [7, 11) is 1.54. The number of hydrazone groups is 1. The maximum atomic E-state index is 8.62. The molecular weight excluding hydrogens is 300 g/mol. The van der Waals surface area contributed by atoms with E-state index in [1.807, 2.05) is 16.8 Å². The quantitative estimate of drug-likeness (QED) is 0.653. The molecule has 22 heavy (non-hydrogen) atoms. The lowest BCUT2D eigenvalue weighted by molar-refractivity contribution is 0.285. The van der Waals surface area contributed by atoms with E-state index < -0.39 is 0 Å². The predicted octanol–water partition coefficient (Wildman–Crippen LogP) is 3.15. The number of nitrogens with one attached hydrogen (secondary N) is 1. The molecule has 0 saturated heterocycles. The number of thiophene rings is 1. The minimum atomic E-state index is -0.253. The van der Waals surface area contributed by atoms with Gasteiger partial charge in [0.25, 0.3) is 0 Å². The van der Waals surface area contributed by atoms with Gasteiger partial charge in [0.2, 0.25) is 5.71 Å². The second kappa shape index (κ2) is 7.67. The Hall–Kier alpha value is -3.03. The molecule has 0 atom stereocenters. The highest BCUT2D eigenvalue weighted by atomic mass is 32.1. The lowest BCUT2D eigenvalue weighted by Gasteiger charge is -2.11. The van der Waals surface area contributed by atoms with Crippen LogP contribution in [0, 0.1) is 22.7 Å². The molecule has 1 aromatic heterocycles. The van der Waals surface area contributed by atoms with Gasteiger partial charge in [0.15, 0.2) is 11.5 Å². The summed E-state index contributed by atoms with van der Waals surface area (Å²) in [5.74, 6) is 1.13. The molecule has 0 radical (unpaired) electrons. The molecule has 1 heterocycles. The molecule has 1 aromatic carbocycles. The van der Waals surface area contributed by atoms with E-state index in [1.54, 1.807) is 41.7 Å². The number of anilines is 1. The van der Waals surface area contributed by atoms with Crippen molar-refractivity contribution in [2.45, 2.75) is 6.61 Å². The van der Waals surface area contributed by atoms with E-state index >= 15 is 0 Å². The zero-order valence-electron chi connectivity index (χ0n) is 11.7. The number of hydrogen-bond donors (Lipinski definition) is 1. The standard InChI is InChI=1S/C15H12N4O2S/c1-20-15-6-12(18-19-13(7-16)8-17)2-3-14(15)21-9-11-4-5-22-10-11/h2-6,10,18H,9H2,1H3. The molecule has 2 rings (SSSR count). The third kappa shape index (κ3) is 3.98. The molecule has 7 heteroatoms. The number of rotatable bonds is 6. The molecule has 0 amide bonds. The molecule has 0 aliphatic rings. The zero-order valence-corrected chi connectivity index (χ0v) is 12.6. The second-order valence-electron chi connectivity index (χ2n) is 4.08. The predicted molar refractivity (Wildman–Crippen MR) is 83.9 cm³/mol. The molecule has 0 unspecified atom stereocenters. The van der Waals surface area contributed by atoms with Crippen LogP contribution in [0.1, 0.15) is 5.56 Å². The van der Waals surface area contributed by atoms with E-state index in [0.717, 1.165) is 5.56 Å². The molecule has 110 valence electrons. The Balaban J connectivity index is 2.09. The monoisotopic (exact) mass is 312 g/mol. The third-order valence-electron chi connectivity index (χ3n) is 2.65. The van der Waals surface area contributed by atoms with Gasteiger partial charge in [-0.2, -0.15) is 27.0 Å². The molecule has 0 aliphatic carbocycles. The van der Waals surface area contributed by atoms with Gasteiger partial charge < -0.3 is 9.47 Å². The van der Waals surface area contributed by atoms with Crippen LogP contribution >= 0.6 is 11.3 Å². The van der Waals surface area contributed by atoms with Crippen molar-refractivity contribution in [1.82, 2.24) is 0 Å². The minimum Gasteiger partial charge on any atom is -0.493 e. The Labute approximate surface area is 131 Å². The molecule has 2 aromatic rings. The van der Waals surface area contributed by atoms with Gasteiger partial charge in [-0.1, -0.05) is 0 Å². The van der Waals surface area contributed by atoms with Crippen molar-refractivity contribution in [3.05, 3.63) is 40.6 Å². The van der Waals surface area contributed by atoms with Gasteiger partial charge in [0, 0.05) is 6.07 Å². The van der Waals surface area contributed by atoms with Crippen molar-refractivity contribution in [3.8, 4) is 23.6 Å². The number of nitriles is 2. The molecule has 0 spiro atoms. The van der Waals surface area contributed by atoms with Gasteiger partial charge in [0.1, 0.15) is 18.7 Å².